The van der Waals surface area contributed by atoms with Crippen LogP contribution in [0.25, 0.3) is 0 Å². The van der Waals surface area contributed by atoms with E-state index in [4.69, 9.17) is 0 Å². The summed E-state index contributed by atoms with van der Waals surface area (Å²) in [5.41, 5.74) is 2.44. The van der Waals surface area contributed by atoms with Crippen LogP contribution in [-0.2, 0) is 14.3 Å². The van der Waals surface area contributed by atoms with Crippen LogP contribution in [0.3, 0.4) is 0 Å². The van der Waals surface area contributed by atoms with E-state index in [0.29, 0.717) is 0 Å². The van der Waals surface area contributed by atoms with Crippen LogP contribution in [0.4, 0.5) is 8.78 Å². The predicted octanol–water partition coefficient (Wildman–Crippen LogP) is -0.101. The third-order valence-corrected chi connectivity index (χ3v) is 1.85. The number of ether oxygens (including phenoxy) is 1. The molecule has 0 atom stereocenters. The Labute approximate surface area is 99.9 Å². The number of hydrogen-bond donors (Lipinski definition) is 2. The van der Waals surface area contributed by atoms with Gasteiger partial charge in [-0.2, -0.15) is 0 Å². The van der Waals surface area contributed by atoms with Crippen LogP contribution >= 0.6 is 0 Å². The maximum absolute atomic E-state index is 13.1. The number of carbonyl (C=O) groups is 3. The average Bonchev–Trinajstić information content (AvgIpc) is 2.34. The summed E-state index contributed by atoms with van der Waals surface area (Å²) in [6, 6.07) is 2.83. The molecular formula is C10H8F2N2O4. The summed E-state index contributed by atoms with van der Waals surface area (Å²) in [5, 5.41) is 0. The lowest BCUT2D eigenvalue weighted by Crippen LogP contribution is -2.45. The van der Waals surface area contributed by atoms with Crippen LogP contribution in [0, 0.1) is 11.6 Å². The highest BCUT2D eigenvalue weighted by molar-refractivity contribution is 6.32. The van der Waals surface area contributed by atoms with Crippen molar-refractivity contribution in [3.63, 3.8) is 0 Å². The monoisotopic (exact) mass is 258 g/mol. The number of benzene rings is 1. The van der Waals surface area contributed by atoms with Crippen molar-refractivity contribution in [3.05, 3.63) is 35.4 Å². The average molecular weight is 258 g/mol. The number of methoxy groups -OCH3 is 1. The molecule has 6 nitrogen and oxygen atoms in total. The van der Waals surface area contributed by atoms with E-state index in [1.54, 1.807) is 10.9 Å². The highest BCUT2D eigenvalue weighted by Crippen LogP contribution is 2.11. The highest BCUT2D eigenvalue weighted by atomic mass is 19.1. The van der Waals surface area contributed by atoms with Crippen molar-refractivity contribution in [1.29, 1.82) is 0 Å². The first-order chi connectivity index (χ1) is 8.47. The predicted molar refractivity (Wildman–Crippen MR) is 54.0 cm³/mol. The zero-order chi connectivity index (χ0) is 13.7. The number of rotatable bonds is 1. The Morgan fingerprint density at radius 3 is 2.17 bits per heavy atom. The van der Waals surface area contributed by atoms with Gasteiger partial charge in [0.25, 0.3) is 5.91 Å². The molecule has 18 heavy (non-hydrogen) atoms. The van der Waals surface area contributed by atoms with Crippen LogP contribution < -0.4 is 10.9 Å². The summed E-state index contributed by atoms with van der Waals surface area (Å²) in [7, 11) is 0.959. The zero-order valence-electron chi connectivity index (χ0n) is 9.12. The number of esters is 1. The van der Waals surface area contributed by atoms with Crippen LogP contribution in [-0.4, -0.2) is 24.9 Å². The largest absolute Gasteiger partial charge is 0.462 e. The second-order valence-electron chi connectivity index (χ2n) is 3.00. The van der Waals surface area contributed by atoms with Crippen molar-refractivity contribution in [3.8, 4) is 0 Å². The quantitative estimate of drug-likeness (QED) is 0.418. The second kappa shape index (κ2) is 5.71. The molecule has 0 aliphatic heterocycles. The van der Waals surface area contributed by atoms with E-state index in [0.717, 1.165) is 25.3 Å². The Morgan fingerprint density at radius 1 is 1.11 bits per heavy atom. The SMILES string of the molecule is COC(=O)C(=O)NNC(=O)c1c(F)cccc1F. The van der Waals surface area contributed by atoms with Crippen LogP contribution in [0.2, 0.25) is 0 Å². The molecule has 0 fully saturated rings. The van der Waals surface area contributed by atoms with Gasteiger partial charge >= 0.3 is 11.9 Å². The van der Waals surface area contributed by atoms with Crippen molar-refractivity contribution >= 4 is 17.8 Å². The molecule has 0 spiro atoms. The van der Waals surface area contributed by atoms with Gasteiger partial charge in [0.15, 0.2) is 0 Å². The number of carbonyl (C=O) groups excluding carboxylic acids is 3. The lowest BCUT2D eigenvalue weighted by molar-refractivity contribution is -0.153. The zero-order valence-corrected chi connectivity index (χ0v) is 9.12. The Bertz CT molecular complexity index is 484. The van der Waals surface area contributed by atoms with E-state index in [1.165, 1.54) is 0 Å². The summed E-state index contributed by atoms with van der Waals surface area (Å²) in [6.45, 7) is 0. The van der Waals surface area contributed by atoms with Gasteiger partial charge in [-0.3, -0.25) is 20.4 Å². The lowest BCUT2D eigenvalue weighted by atomic mass is 10.2. The first-order valence-electron chi connectivity index (χ1n) is 4.60. The van der Waals surface area contributed by atoms with Crippen LogP contribution in [0.5, 0.6) is 0 Å². The first kappa shape index (κ1) is 13.6. The van der Waals surface area contributed by atoms with E-state index < -0.39 is 35.0 Å². The molecule has 2 N–H and O–H groups in total. The molecule has 0 heterocycles. The summed E-state index contributed by atoms with van der Waals surface area (Å²) < 4.78 is 30.3. The molecule has 0 aliphatic rings. The minimum Gasteiger partial charge on any atom is -0.462 e. The number of hydrogen-bond acceptors (Lipinski definition) is 4. The number of halogens is 2. The maximum Gasteiger partial charge on any atom is 0.398 e. The van der Waals surface area contributed by atoms with Gasteiger partial charge in [-0.15, -0.1) is 0 Å². The maximum atomic E-state index is 13.1. The molecule has 0 saturated carbocycles. The second-order valence-corrected chi connectivity index (χ2v) is 3.00. The number of hydrazine groups is 1. The Kier molecular flexibility index (Phi) is 4.30. The van der Waals surface area contributed by atoms with Crippen molar-refractivity contribution < 1.29 is 27.9 Å². The number of amides is 2. The normalized spacial score (nSPS) is 9.50. The molecule has 0 aliphatic carbocycles. The minimum atomic E-state index is -1.28. The van der Waals surface area contributed by atoms with Gasteiger partial charge in [0.2, 0.25) is 0 Å². The molecule has 0 saturated heterocycles. The molecule has 0 aromatic heterocycles. The highest BCUT2D eigenvalue weighted by Gasteiger charge is 2.19. The Hall–Kier alpha value is -2.51. The summed E-state index contributed by atoms with van der Waals surface area (Å²) in [4.78, 5) is 32.9. The van der Waals surface area contributed by atoms with Gasteiger partial charge < -0.3 is 4.74 Å². The molecule has 96 valence electrons. The standard InChI is InChI=1S/C10H8F2N2O4/c1-18-10(17)9(16)14-13-8(15)7-5(11)3-2-4-6(7)12/h2-4H,1H3,(H,13,15)(H,14,16). The summed E-state index contributed by atoms with van der Waals surface area (Å²) in [6.07, 6.45) is 0. The van der Waals surface area contributed by atoms with Crippen LogP contribution in [0.15, 0.2) is 18.2 Å². The van der Waals surface area contributed by atoms with Gasteiger partial charge in [-0.25, -0.2) is 13.6 Å². The van der Waals surface area contributed by atoms with Gasteiger partial charge in [0.1, 0.15) is 17.2 Å². The van der Waals surface area contributed by atoms with E-state index in [9.17, 15) is 23.2 Å². The van der Waals surface area contributed by atoms with E-state index >= 15 is 0 Å². The van der Waals surface area contributed by atoms with Gasteiger partial charge in [0.05, 0.1) is 7.11 Å². The molecule has 0 bridgehead atoms. The topological polar surface area (TPSA) is 84.5 Å². The fourth-order valence-electron chi connectivity index (χ4n) is 1.03. The number of nitrogens with one attached hydrogen (secondary N) is 2. The Morgan fingerprint density at radius 2 is 1.67 bits per heavy atom. The molecule has 8 heteroatoms. The molecule has 0 unspecified atom stereocenters. The fourth-order valence-corrected chi connectivity index (χ4v) is 1.03. The third kappa shape index (κ3) is 3.00. The smallest absolute Gasteiger partial charge is 0.398 e. The minimum absolute atomic E-state index is 0.873. The summed E-state index contributed by atoms with van der Waals surface area (Å²) >= 11 is 0. The van der Waals surface area contributed by atoms with E-state index in [2.05, 4.69) is 4.74 Å². The molecule has 1 aromatic rings. The molecule has 1 aromatic carbocycles. The van der Waals surface area contributed by atoms with Gasteiger partial charge in [-0.05, 0) is 12.1 Å². The van der Waals surface area contributed by atoms with Crippen LogP contribution in [0.1, 0.15) is 10.4 Å². The first-order valence-corrected chi connectivity index (χ1v) is 4.60. The molecule has 2 amide bonds. The van der Waals surface area contributed by atoms with Crippen molar-refractivity contribution in [1.82, 2.24) is 10.9 Å². The van der Waals surface area contributed by atoms with E-state index in [-0.39, 0.29) is 0 Å². The summed E-state index contributed by atoms with van der Waals surface area (Å²) in [5.74, 6) is -5.96. The third-order valence-electron chi connectivity index (χ3n) is 1.85. The molecule has 1 rings (SSSR count). The van der Waals surface area contributed by atoms with Crippen molar-refractivity contribution in [2.45, 2.75) is 0 Å². The lowest BCUT2D eigenvalue weighted by Gasteiger charge is -2.07. The van der Waals surface area contributed by atoms with Gasteiger partial charge in [-0.1, -0.05) is 6.07 Å². The molecular weight excluding hydrogens is 250 g/mol. The van der Waals surface area contributed by atoms with E-state index in [1.807, 2.05) is 0 Å². The van der Waals surface area contributed by atoms with Crippen molar-refractivity contribution in [2.24, 2.45) is 0 Å². The van der Waals surface area contributed by atoms with Crippen molar-refractivity contribution in [2.75, 3.05) is 7.11 Å². The Balaban J connectivity index is 2.72. The fraction of sp³-hybridized carbons (Fsp3) is 0.100. The van der Waals surface area contributed by atoms with Gasteiger partial charge in [0, 0.05) is 0 Å². The molecule has 0 radical (unpaired) electrons.